The summed E-state index contributed by atoms with van der Waals surface area (Å²) in [6.45, 7) is 1.06. The summed E-state index contributed by atoms with van der Waals surface area (Å²) >= 11 is 3.14. The summed E-state index contributed by atoms with van der Waals surface area (Å²) in [7, 11) is 0. The highest BCUT2D eigenvalue weighted by Gasteiger charge is 2.03. The van der Waals surface area contributed by atoms with E-state index in [1.807, 2.05) is 6.07 Å². The van der Waals surface area contributed by atoms with Crippen LogP contribution in [0.5, 0.6) is 5.19 Å². The molecule has 0 fully saturated rings. The molecule has 0 saturated carbocycles. The molecule has 80 valence electrons. The Labute approximate surface area is 95.7 Å². The van der Waals surface area contributed by atoms with Crippen molar-refractivity contribution in [2.75, 3.05) is 6.61 Å². The maximum absolute atomic E-state index is 5.46. The molecule has 2 heterocycles. The zero-order valence-corrected chi connectivity index (χ0v) is 9.68. The Bertz CT molecular complexity index is 399. The number of rotatable bonds is 5. The van der Waals surface area contributed by atoms with Gasteiger partial charge in [0.1, 0.15) is 5.01 Å². The standard InChI is InChI=1S/C9H11N3OS2/c10-6-8-11-12-9(15-8)13-4-3-7-2-1-5-14-7/h1-2,5H,3-4,6,10H2. The van der Waals surface area contributed by atoms with Gasteiger partial charge in [0.15, 0.2) is 0 Å². The molecule has 0 unspecified atom stereocenters. The van der Waals surface area contributed by atoms with Crippen molar-refractivity contribution in [3.05, 3.63) is 27.4 Å². The minimum atomic E-state index is 0.423. The summed E-state index contributed by atoms with van der Waals surface area (Å²) in [4.78, 5) is 1.32. The van der Waals surface area contributed by atoms with Crippen molar-refractivity contribution in [1.29, 1.82) is 0 Å². The maximum Gasteiger partial charge on any atom is 0.294 e. The van der Waals surface area contributed by atoms with Gasteiger partial charge in [-0.25, -0.2) is 0 Å². The summed E-state index contributed by atoms with van der Waals surface area (Å²) < 4.78 is 5.46. The van der Waals surface area contributed by atoms with Gasteiger partial charge < -0.3 is 10.5 Å². The monoisotopic (exact) mass is 241 g/mol. The Balaban J connectivity index is 1.78. The molecule has 0 bridgehead atoms. The largest absolute Gasteiger partial charge is 0.469 e. The Kier molecular flexibility index (Phi) is 3.65. The molecule has 2 rings (SSSR count). The summed E-state index contributed by atoms with van der Waals surface area (Å²) in [6, 6.07) is 4.14. The molecule has 0 aliphatic heterocycles. The molecular weight excluding hydrogens is 230 g/mol. The molecule has 0 saturated heterocycles. The van der Waals surface area contributed by atoms with Crippen LogP contribution in [-0.2, 0) is 13.0 Å². The lowest BCUT2D eigenvalue weighted by Gasteiger charge is -1.98. The third-order valence-electron chi connectivity index (χ3n) is 1.78. The molecular formula is C9H11N3OS2. The summed E-state index contributed by atoms with van der Waals surface area (Å²) in [5.41, 5.74) is 5.42. The van der Waals surface area contributed by atoms with Crippen molar-refractivity contribution in [1.82, 2.24) is 10.2 Å². The van der Waals surface area contributed by atoms with E-state index in [0.717, 1.165) is 11.4 Å². The molecule has 2 aromatic heterocycles. The van der Waals surface area contributed by atoms with Crippen LogP contribution in [0.3, 0.4) is 0 Å². The Morgan fingerprint density at radius 2 is 2.33 bits per heavy atom. The molecule has 15 heavy (non-hydrogen) atoms. The second kappa shape index (κ2) is 5.20. The van der Waals surface area contributed by atoms with Crippen molar-refractivity contribution in [2.24, 2.45) is 5.73 Å². The SMILES string of the molecule is NCc1nnc(OCCc2cccs2)s1. The third kappa shape index (κ3) is 2.98. The van der Waals surface area contributed by atoms with E-state index in [9.17, 15) is 0 Å². The van der Waals surface area contributed by atoms with Gasteiger partial charge in [-0.15, -0.1) is 21.5 Å². The number of thiophene rings is 1. The predicted molar refractivity (Wildman–Crippen MR) is 61.3 cm³/mol. The number of aromatic nitrogens is 2. The van der Waals surface area contributed by atoms with Gasteiger partial charge in [-0.05, 0) is 11.4 Å². The first-order chi connectivity index (χ1) is 7.38. The summed E-state index contributed by atoms with van der Waals surface area (Å²) in [5.74, 6) is 0. The zero-order valence-electron chi connectivity index (χ0n) is 8.05. The molecule has 0 aromatic carbocycles. The average molecular weight is 241 g/mol. The minimum absolute atomic E-state index is 0.423. The molecule has 4 nitrogen and oxygen atoms in total. The third-order valence-corrected chi connectivity index (χ3v) is 3.57. The smallest absolute Gasteiger partial charge is 0.294 e. The van der Waals surface area contributed by atoms with Crippen LogP contribution in [0.25, 0.3) is 0 Å². The highest BCUT2D eigenvalue weighted by Crippen LogP contribution is 2.17. The van der Waals surface area contributed by atoms with Gasteiger partial charge >= 0.3 is 0 Å². The van der Waals surface area contributed by atoms with Crippen molar-refractivity contribution in [3.8, 4) is 5.19 Å². The van der Waals surface area contributed by atoms with Crippen LogP contribution in [0, 0.1) is 0 Å². The average Bonchev–Trinajstić information content (AvgIpc) is 2.88. The van der Waals surface area contributed by atoms with Crippen LogP contribution in [0.4, 0.5) is 0 Å². The first-order valence-electron chi connectivity index (χ1n) is 4.56. The quantitative estimate of drug-likeness (QED) is 0.865. The number of ether oxygens (including phenoxy) is 1. The molecule has 0 spiro atoms. The van der Waals surface area contributed by atoms with E-state index in [2.05, 4.69) is 21.6 Å². The van der Waals surface area contributed by atoms with Gasteiger partial charge in [0.25, 0.3) is 5.19 Å². The highest BCUT2D eigenvalue weighted by molar-refractivity contribution is 7.13. The van der Waals surface area contributed by atoms with Crippen LogP contribution in [-0.4, -0.2) is 16.8 Å². The minimum Gasteiger partial charge on any atom is -0.469 e. The lowest BCUT2D eigenvalue weighted by Crippen LogP contribution is -1.99. The van der Waals surface area contributed by atoms with Crippen LogP contribution < -0.4 is 10.5 Å². The second-order valence-electron chi connectivity index (χ2n) is 2.84. The van der Waals surface area contributed by atoms with Crippen molar-refractivity contribution in [3.63, 3.8) is 0 Å². The van der Waals surface area contributed by atoms with E-state index in [1.165, 1.54) is 16.2 Å². The van der Waals surface area contributed by atoms with E-state index >= 15 is 0 Å². The van der Waals surface area contributed by atoms with Crippen LogP contribution in [0.1, 0.15) is 9.88 Å². The summed E-state index contributed by atoms with van der Waals surface area (Å²) in [6.07, 6.45) is 0.912. The highest BCUT2D eigenvalue weighted by atomic mass is 32.1. The molecule has 0 atom stereocenters. The Hall–Kier alpha value is -0.980. The Morgan fingerprint density at radius 3 is 3.00 bits per heavy atom. The van der Waals surface area contributed by atoms with Crippen molar-refractivity contribution < 1.29 is 4.74 Å². The van der Waals surface area contributed by atoms with Crippen molar-refractivity contribution >= 4 is 22.7 Å². The fraction of sp³-hybridized carbons (Fsp3) is 0.333. The fourth-order valence-electron chi connectivity index (χ4n) is 1.07. The molecule has 6 heteroatoms. The van der Waals surface area contributed by atoms with Gasteiger partial charge in [-0.2, -0.15) is 0 Å². The molecule has 0 aliphatic carbocycles. The van der Waals surface area contributed by atoms with Crippen LogP contribution in [0.15, 0.2) is 17.5 Å². The number of nitrogens with zero attached hydrogens (tertiary/aromatic N) is 2. The van der Waals surface area contributed by atoms with Gasteiger partial charge in [0.2, 0.25) is 0 Å². The first-order valence-corrected chi connectivity index (χ1v) is 6.25. The second-order valence-corrected chi connectivity index (χ2v) is 4.90. The normalized spacial score (nSPS) is 10.5. The molecule has 0 aliphatic rings. The fourth-order valence-corrected chi connectivity index (χ4v) is 2.35. The number of hydrogen-bond acceptors (Lipinski definition) is 6. The molecule has 0 radical (unpaired) electrons. The Morgan fingerprint density at radius 1 is 1.40 bits per heavy atom. The number of nitrogens with two attached hydrogens (primary N) is 1. The van der Waals surface area contributed by atoms with E-state index in [0.29, 0.717) is 18.3 Å². The topological polar surface area (TPSA) is 61.0 Å². The predicted octanol–water partition coefficient (Wildman–Crippen LogP) is 1.68. The van der Waals surface area contributed by atoms with Crippen molar-refractivity contribution in [2.45, 2.75) is 13.0 Å². The van der Waals surface area contributed by atoms with E-state index in [4.69, 9.17) is 10.5 Å². The van der Waals surface area contributed by atoms with Crippen LogP contribution in [0.2, 0.25) is 0 Å². The van der Waals surface area contributed by atoms with Gasteiger partial charge in [0.05, 0.1) is 6.61 Å². The lowest BCUT2D eigenvalue weighted by atomic mass is 10.4. The molecule has 2 N–H and O–H groups in total. The maximum atomic E-state index is 5.46. The van der Waals surface area contributed by atoms with Gasteiger partial charge in [-0.3, -0.25) is 0 Å². The van der Waals surface area contributed by atoms with E-state index in [-0.39, 0.29) is 0 Å². The van der Waals surface area contributed by atoms with Gasteiger partial charge in [-0.1, -0.05) is 17.4 Å². The van der Waals surface area contributed by atoms with Crippen LogP contribution >= 0.6 is 22.7 Å². The van der Waals surface area contributed by atoms with Gasteiger partial charge in [0, 0.05) is 17.8 Å². The number of hydrogen-bond donors (Lipinski definition) is 1. The molecule has 2 aromatic rings. The lowest BCUT2D eigenvalue weighted by molar-refractivity contribution is 0.318. The van der Waals surface area contributed by atoms with E-state index in [1.54, 1.807) is 11.3 Å². The molecule has 0 amide bonds. The zero-order chi connectivity index (χ0) is 10.5. The first kappa shape index (κ1) is 10.5. The summed E-state index contributed by atoms with van der Waals surface area (Å²) in [5, 5.41) is 11.2. The van der Waals surface area contributed by atoms with E-state index < -0.39 is 0 Å².